The van der Waals surface area contributed by atoms with Gasteiger partial charge >= 0.3 is 0 Å². The maximum Gasteiger partial charge on any atom is 0.128 e. The van der Waals surface area contributed by atoms with Gasteiger partial charge in [-0.2, -0.15) is 5.10 Å². The molecule has 7 heteroatoms. The summed E-state index contributed by atoms with van der Waals surface area (Å²) in [4.78, 5) is 4.52. The zero-order valence-electron chi connectivity index (χ0n) is 17.7. The Morgan fingerprint density at radius 3 is 2.45 bits per heavy atom. The Morgan fingerprint density at radius 1 is 0.871 bits per heavy atom. The minimum Gasteiger partial charge on any atom is -0.497 e. The molecular formula is C24H24N4O3. The molecule has 0 atom stereocenters. The highest BCUT2D eigenvalue weighted by Crippen LogP contribution is 2.31. The molecule has 0 radical (unpaired) electrons. The van der Waals surface area contributed by atoms with E-state index in [1.807, 2.05) is 60.7 Å². The topological polar surface area (TPSA) is 81.3 Å². The SMILES string of the molecule is COc1ccc(CNc2ccc(-c3cc(-c4ccccc4OC)[nH]n3)cn2)c(OC)c1. The third kappa shape index (κ3) is 4.45. The van der Waals surface area contributed by atoms with Crippen molar-refractivity contribution in [1.29, 1.82) is 0 Å². The lowest BCUT2D eigenvalue weighted by Gasteiger charge is -2.11. The zero-order valence-corrected chi connectivity index (χ0v) is 17.7. The summed E-state index contributed by atoms with van der Waals surface area (Å²) in [6.45, 7) is 0.583. The summed E-state index contributed by atoms with van der Waals surface area (Å²) in [5, 5.41) is 10.8. The molecule has 4 rings (SSSR count). The maximum atomic E-state index is 5.45. The smallest absolute Gasteiger partial charge is 0.128 e. The normalized spacial score (nSPS) is 10.5. The van der Waals surface area contributed by atoms with Crippen molar-refractivity contribution in [3.63, 3.8) is 0 Å². The van der Waals surface area contributed by atoms with Gasteiger partial charge in [0.05, 0.1) is 32.7 Å². The second-order valence-electron chi connectivity index (χ2n) is 6.83. The highest BCUT2D eigenvalue weighted by molar-refractivity contribution is 5.72. The lowest BCUT2D eigenvalue weighted by atomic mass is 10.1. The van der Waals surface area contributed by atoms with E-state index in [9.17, 15) is 0 Å². The molecule has 0 fully saturated rings. The van der Waals surface area contributed by atoms with E-state index < -0.39 is 0 Å². The van der Waals surface area contributed by atoms with Crippen LogP contribution in [0.25, 0.3) is 22.5 Å². The molecule has 0 aliphatic rings. The van der Waals surface area contributed by atoms with Crippen LogP contribution < -0.4 is 19.5 Å². The van der Waals surface area contributed by atoms with Crippen LogP contribution in [0.3, 0.4) is 0 Å². The Bertz CT molecular complexity index is 1160. The van der Waals surface area contributed by atoms with Crippen LogP contribution >= 0.6 is 0 Å². The standard InChI is InChI=1S/C24H24N4O3/c1-29-18-10-8-17(23(12-18)31-3)15-26-24-11-9-16(14-25-24)20-13-21(28-27-20)19-6-4-5-7-22(19)30-2/h4-14H,15H2,1-3H3,(H,25,26)(H,27,28). The van der Waals surface area contributed by atoms with Crippen molar-refractivity contribution in [1.82, 2.24) is 15.2 Å². The molecule has 2 N–H and O–H groups in total. The number of methoxy groups -OCH3 is 3. The van der Waals surface area contributed by atoms with E-state index in [0.29, 0.717) is 6.54 Å². The molecule has 0 saturated carbocycles. The van der Waals surface area contributed by atoms with Crippen molar-refractivity contribution in [3.05, 3.63) is 72.4 Å². The summed E-state index contributed by atoms with van der Waals surface area (Å²) < 4.78 is 16.1. The minimum atomic E-state index is 0.583. The lowest BCUT2D eigenvalue weighted by molar-refractivity contribution is 0.391. The van der Waals surface area contributed by atoms with Crippen LogP contribution in [0.2, 0.25) is 0 Å². The molecule has 0 bridgehead atoms. The number of ether oxygens (including phenoxy) is 3. The van der Waals surface area contributed by atoms with Gasteiger partial charge in [-0.3, -0.25) is 5.10 Å². The van der Waals surface area contributed by atoms with Gasteiger partial charge in [0.2, 0.25) is 0 Å². The first-order valence-electron chi connectivity index (χ1n) is 9.82. The summed E-state index contributed by atoms with van der Waals surface area (Å²) in [6.07, 6.45) is 1.80. The maximum absolute atomic E-state index is 5.45. The van der Waals surface area contributed by atoms with Gasteiger partial charge in [0.1, 0.15) is 23.1 Å². The third-order valence-corrected chi connectivity index (χ3v) is 4.99. The van der Waals surface area contributed by atoms with Crippen molar-refractivity contribution < 1.29 is 14.2 Å². The average molecular weight is 416 g/mol. The molecule has 0 aliphatic carbocycles. The fourth-order valence-electron chi connectivity index (χ4n) is 3.31. The molecule has 0 unspecified atom stereocenters. The summed E-state index contributed by atoms with van der Waals surface area (Å²) in [5.41, 5.74) is 4.61. The van der Waals surface area contributed by atoms with E-state index in [0.717, 1.165) is 51.1 Å². The largest absolute Gasteiger partial charge is 0.497 e. The summed E-state index contributed by atoms with van der Waals surface area (Å²) >= 11 is 0. The number of para-hydroxylation sites is 1. The number of nitrogens with zero attached hydrogens (tertiary/aromatic N) is 2. The molecule has 0 aliphatic heterocycles. The first kappa shape index (κ1) is 20.3. The molecule has 158 valence electrons. The number of aromatic nitrogens is 3. The van der Waals surface area contributed by atoms with E-state index in [-0.39, 0.29) is 0 Å². The van der Waals surface area contributed by atoms with Crippen LogP contribution in [0.1, 0.15) is 5.56 Å². The van der Waals surface area contributed by atoms with Gasteiger partial charge in [-0.15, -0.1) is 0 Å². The monoisotopic (exact) mass is 416 g/mol. The lowest BCUT2D eigenvalue weighted by Crippen LogP contribution is -2.03. The van der Waals surface area contributed by atoms with Crippen molar-refractivity contribution in [2.45, 2.75) is 6.54 Å². The molecule has 31 heavy (non-hydrogen) atoms. The fourth-order valence-corrected chi connectivity index (χ4v) is 3.31. The van der Waals surface area contributed by atoms with Gasteiger partial charge in [-0.05, 0) is 42.5 Å². The quantitative estimate of drug-likeness (QED) is 0.430. The first-order valence-corrected chi connectivity index (χ1v) is 9.82. The zero-order chi connectivity index (χ0) is 21.6. The first-order chi connectivity index (χ1) is 15.2. The summed E-state index contributed by atoms with van der Waals surface area (Å²) in [7, 11) is 4.94. The van der Waals surface area contributed by atoms with Crippen molar-refractivity contribution in [2.24, 2.45) is 0 Å². The number of H-pyrrole nitrogens is 1. The Morgan fingerprint density at radius 2 is 1.71 bits per heavy atom. The third-order valence-electron chi connectivity index (χ3n) is 4.99. The fraction of sp³-hybridized carbons (Fsp3) is 0.167. The van der Waals surface area contributed by atoms with Crippen LogP contribution in [0.5, 0.6) is 17.2 Å². The summed E-state index contributed by atoms with van der Waals surface area (Å²) in [5.74, 6) is 3.09. The van der Waals surface area contributed by atoms with E-state index in [4.69, 9.17) is 14.2 Å². The van der Waals surface area contributed by atoms with Crippen LogP contribution in [-0.4, -0.2) is 36.5 Å². The van der Waals surface area contributed by atoms with Gasteiger partial charge in [-0.1, -0.05) is 12.1 Å². The van der Waals surface area contributed by atoms with Gasteiger partial charge in [-0.25, -0.2) is 4.98 Å². The molecular weight excluding hydrogens is 392 g/mol. The van der Waals surface area contributed by atoms with E-state index in [1.54, 1.807) is 27.5 Å². The van der Waals surface area contributed by atoms with Crippen molar-refractivity contribution >= 4 is 5.82 Å². The number of pyridine rings is 1. The average Bonchev–Trinajstić information content (AvgIpc) is 3.33. The number of anilines is 1. The molecule has 0 amide bonds. The van der Waals surface area contributed by atoms with E-state index in [1.165, 1.54) is 0 Å². The number of rotatable bonds is 8. The molecule has 0 saturated heterocycles. The highest BCUT2D eigenvalue weighted by Gasteiger charge is 2.10. The highest BCUT2D eigenvalue weighted by atomic mass is 16.5. The number of benzene rings is 2. The number of nitrogens with one attached hydrogen (secondary N) is 2. The summed E-state index contributed by atoms with van der Waals surface area (Å²) in [6, 6.07) is 19.5. The molecule has 0 spiro atoms. The van der Waals surface area contributed by atoms with Gasteiger partial charge in [0.15, 0.2) is 0 Å². The van der Waals surface area contributed by atoms with E-state index in [2.05, 4.69) is 20.5 Å². The minimum absolute atomic E-state index is 0.583. The van der Waals surface area contributed by atoms with Crippen LogP contribution in [0.15, 0.2) is 66.9 Å². The Hall–Kier alpha value is -4.00. The van der Waals surface area contributed by atoms with Crippen molar-refractivity contribution in [2.75, 3.05) is 26.6 Å². The number of aromatic amines is 1. The van der Waals surface area contributed by atoms with E-state index >= 15 is 0 Å². The number of hydrogen-bond acceptors (Lipinski definition) is 6. The van der Waals surface area contributed by atoms with Gasteiger partial charge < -0.3 is 19.5 Å². The van der Waals surface area contributed by atoms with Crippen molar-refractivity contribution in [3.8, 4) is 39.8 Å². The predicted molar refractivity (Wildman–Crippen MR) is 121 cm³/mol. The predicted octanol–water partition coefficient (Wildman–Crippen LogP) is 4.78. The second kappa shape index (κ2) is 9.21. The molecule has 2 heterocycles. The molecule has 2 aromatic carbocycles. The number of hydrogen-bond donors (Lipinski definition) is 2. The molecule has 2 aromatic heterocycles. The Labute approximate surface area is 181 Å². The molecule has 4 aromatic rings. The molecule has 7 nitrogen and oxygen atoms in total. The van der Waals surface area contributed by atoms with Crippen LogP contribution in [-0.2, 0) is 6.54 Å². The van der Waals surface area contributed by atoms with Crippen LogP contribution in [0.4, 0.5) is 5.82 Å². The Balaban J connectivity index is 1.46. The Kier molecular flexibility index (Phi) is 6.03. The van der Waals surface area contributed by atoms with Crippen LogP contribution in [0, 0.1) is 0 Å². The van der Waals surface area contributed by atoms with Gasteiger partial charge in [0, 0.05) is 35.5 Å². The second-order valence-corrected chi connectivity index (χ2v) is 6.83. The van der Waals surface area contributed by atoms with Gasteiger partial charge in [0.25, 0.3) is 0 Å².